The summed E-state index contributed by atoms with van der Waals surface area (Å²) in [6.45, 7) is 0. The van der Waals surface area contributed by atoms with Gasteiger partial charge in [0.15, 0.2) is 5.01 Å². The Morgan fingerprint density at radius 3 is 2.50 bits per heavy atom. The molecule has 1 aromatic heterocycles. The number of benzene rings is 2. The van der Waals surface area contributed by atoms with E-state index in [0.717, 1.165) is 11.4 Å². The molecule has 0 amide bonds. The molecule has 6 nitrogen and oxygen atoms in total. The number of hydrogen-bond donors (Lipinski definition) is 3. The molecule has 7 heteroatoms. The minimum absolute atomic E-state index is 0.00217. The van der Waals surface area contributed by atoms with Crippen molar-refractivity contribution < 1.29 is 14.9 Å². The van der Waals surface area contributed by atoms with E-state index in [9.17, 15) is 10.2 Å². The van der Waals surface area contributed by atoms with Crippen LogP contribution in [-0.4, -0.2) is 27.5 Å². The quantitative estimate of drug-likeness (QED) is 0.684. The summed E-state index contributed by atoms with van der Waals surface area (Å²) in [4.78, 5) is 0. The molecule has 0 saturated heterocycles. The van der Waals surface area contributed by atoms with E-state index in [4.69, 9.17) is 4.74 Å². The minimum Gasteiger partial charge on any atom is -0.508 e. The van der Waals surface area contributed by atoms with Crippen molar-refractivity contribution >= 4 is 22.2 Å². The number of aromatic nitrogens is 2. The number of phenolic OH excluding ortho intramolecular Hbond substituents is 2. The number of aromatic hydroxyl groups is 2. The van der Waals surface area contributed by atoms with Crippen LogP contribution in [0.3, 0.4) is 0 Å². The van der Waals surface area contributed by atoms with Crippen LogP contribution in [0.2, 0.25) is 0 Å². The van der Waals surface area contributed by atoms with Crippen molar-refractivity contribution in [1.82, 2.24) is 10.2 Å². The molecular weight excluding hydrogens is 302 g/mol. The van der Waals surface area contributed by atoms with Gasteiger partial charge in [0.25, 0.3) is 0 Å². The largest absolute Gasteiger partial charge is 0.508 e. The highest BCUT2D eigenvalue weighted by Gasteiger charge is 2.11. The third kappa shape index (κ3) is 2.94. The third-order valence-corrected chi connectivity index (χ3v) is 3.85. The number of methoxy groups -OCH3 is 1. The zero-order chi connectivity index (χ0) is 15.5. The van der Waals surface area contributed by atoms with E-state index in [-0.39, 0.29) is 11.5 Å². The van der Waals surface area contributed by atoms with Gasteiger partial charge in [-0.3, -0.25) is 0 Å². The van der Waals surface area contributed by atoms with Gasteiger partial charge in [0, 0.05) is 11.8 Å². The van der Waals surface area contributed by atoms with Crippen LogP contribution >= 0.6 is 11.3 Å². The normalized spacial score (nSPS) is 10.4. The average Bonchev–Trinajstić information content (AvgIpc) is 2.96. The Hall–Kier alpha value is -2.80. The maximum absolute atomic E-state index is 9.85. The Kier molecular flexibility index (Phi) is 3.80. The van der Waals surface area contributed by atoms with Crippen LogP contribution in [0, 0.1) is 0 Å². The molecule has 2 aromatic carbocycles. The van der Waals surface area contributed by atoms with Crippen molar-refractivity contribution in [2.45, 2.75) is 0 Å². The lowest BCUT2D eigenvalue weighted by Crippen LogP contribution is -1.89. The zero-order valence-corrected chi connectivity index (χ0v) is 12.5. The lowest BCUT2D eigenvalue weighted by Gasteiger charge is -2.03. The lowest BCUT2D eigenvalue weighted by molar-refractivity contribution is 0.415. The van der Waals surface area contributed by atoms with Gasteiger partial charge < -0.3 is 20.3 Å². The van der Waals surface area contributed by atoms with Gasteiger partial charge in [-0.2, -0.15) is 0 Å². The van der Waals surface area contributed by atoms with E-state index >= 15 is 0 Å². The van der Waals surface area contributed by atoms with E-state index in [1.807, 2.05) is 24.3 Å². The standard InChI is InChI=1S/C15H13N3O3S/c1-21-11-5-2-9(3-6-11)16-15-18-17-14(22-15)12-7-4-10(19)8-13(12)20/h2-8,19-20H,1H3,(H,16,18). The summed E-state index contributed by atoms with van der Waals surface area (Å²) in [5.41, 5.74) is 1.39. The first-order chi connectivity index (χ1) is 10.7. The fourth-order valence-electron chi connectivity index (χ4n) is 1.88. The number of nitrogens with one attached hydrogen (secondary N) is 1. The molecule has 3 rings (SSSR count). The van der Waals surface area contributed by atoms with Crippen molar-refractivity contribution in [2.75, 3.05) is 12.4 Å². The van der Waals surface area contributed by atoms with Gasteiger partial charge in [0.05, 0.1) is 12.7 Å². The second-order valence-corrected chi connectivity index (χ2v) is 5.44. The zero-order valence-electron chi connectivity index (χ0n) is 11.6. The molecule has 22 heavy (non-hydrogen) atoms. The Balaban J connectivity index is 1.81. The second kappa shape index (κ2) is 5.90. The molecule has 0 aliphatic carbocycles. The molecule has 3 N–H and O–H groups in total. The SMILES string of the molecule is COc1ccc(Nc2nnc(-c3ccc(O)cc3O)s2)cc1. The first-order valence-electron chi connectivity index (χ1n) is 6.42. The lowest BCUT2D eigenvalue weighted by atomic mass is 10.2. The molecule has 0 bridgehead atoms. The Bertz CT molecular complexity index is 787. The summed E-state index contributed by atoms with van der Waals surface area (Å²) in [5.74, 6) is 0.743. The fourth-order valence-corrected chi connectivity index (χ4v) is 2.68. The van der Waals surface area contributed by atoms with Gasteiger partial charge in [-0.05, 0) is 36.4 Å². The highest BCUT2D eigenvalue weighted by Crippen LogP contribution is 2.35. The molecule has 0 radical (unpaired) electrons. The number of nitrogens with zero attached hydrogens (tertiary/aromatic N) is 2. The summed E-state index contributed by atoms with van der Waals surface area (Å²) in [5, 5.41) is 31.6. The molecule has 0 unspecified atom stereocenters. The van der Waals surface area contributed by atoms with Crippen LogP contribution < -0.4 is 10.1 Å². The predicted octanol–water partition coefficient (Wildman–Crippen LogP) is 3.37. The van der Waals surface area contributed by atoms with Gasteiger partial charge in [0.1, 0.15) is 17.2 Å². The van der Waals surface area contributed by atoms with Gasteiger partial charge >= 0.3 is 0 Å². The molecule has 1 heterocycles. The molecule has 0 fully saturated rings. The summed E-state index contributed by atoms with van der Waals surface area (Å²) in [6, 6.07) is 11.8. The van der Waals surface area contributed by atoms with Crippen LogP contribution in [0.1, 0.15) is 0 Å². The van der Waals surface area contributed by atoms with Gasteiger partial charge in [-0.1, -0.05) is 11.3 Å². The number of phenols is 2. The van der Waals surface area contributed by atoms with Crippen LogP contribution in [0.25, 0.3) is 10.6 Å². The van der Waals surface area contributed by atoms with Crippen LogP contribution in [0.4, 0.5) is 10.8 Å². The first kappa shape index (κ1) is 14.2. The maximum atomic E-state index is 9.85. The minimum atomic E-state index is -0.0350. The number of hydrogen-bond acceptors (Lipinski definition) is 7. The van der Waals surface area contributed by atoms with Crippen LogP contribution in [-0.2, 0) is 0 Å². The molecular formula is C15H13N3O3S. The Morgan fingerprint density at radius 2 is 1.82 bits per heavy atom. The summed E-state index contributed by atoms with van der Waals surface area (Å²) in [7, 11) is 1.61. The van der Waals surface area contributed by atoms with E-state index in [0.29, 0.717) is 15.7 Å². The fraction of sp³-hybridized carbons (Fsp3) is 0.0667. The number of ether oxygens (including phenoxy) is 1. The predicted molar refractivity (Wildman–Crippen MR) is 85.0 cm³/mol. The molecule has 0 saturated carbocycles. The van der Waals surface area contributed by atoms with E-state index in [2.05, 4.69) is 15.5 Å². The highest BCUT2D eigenvalue weighted by molar-refractivity contribution is 7.18. The second-order valence-electron chi connectivity index (χ2n) is 4.47. The van der Waals surface area contributed by atoms with Crippen LogP contribution in [0.15, 0.2) is 42.5 Å². The van der Waals surface area contributed by atoms with Gasteiger partial charge in [0.2, 0.25) is 5.13 Å². The van der Waals surface area contributed by atoms with Gasteiger partial charge in [-0.15, -0.1) is 10.2 Å². The maximum Gasteiger partial charge on any atom is 0.210 e. The molecule has 112 valence electrons. The smallest absolute Gasteiger partial charge is 0.210 e. The topological polar surface area (TPSA) is 87.5 Å². The van der Waals surface area contributed by atoms with Crippen LogP contribution in [0.5, 0.6) is 17.2 Å². The number of anilines is 2. The van der Waals surface area contributed by atoms with E-state index in [1.54, 1.807) is 13.2 Å². The Labute approximate surface area is 130 Å². The molecule has 0 spiro atoms. The van der Waals surface area contributed by atoms with Gasteiger partial charge in [-0.25, -0.2) is 0 Å². The van der Waals surface area contributed by atoms with Crippen molar-refractivity contribution in [3.63, 3.8) is 0 Å². The first-order valence-corrected chi connectivity index (χ1v) is 7.24. The third-order valence-electron chi connectivity index (χ3n) is 2.98. The average molecular weight is 315 g/mol. The molecule has 0 atom stereocenters. The summed E-state index contributed by atoms with van der Waals surface area (Å²) in [6.07, 6.45) is 0. The number of rotatable bonds is 4. The highest BCUT2D eigenvalue weighted by atomic mass is 32.1. The molecule has 0 aliphatic heterocycles. The summed E-state index contributed by atoms with van der Waals surface area (Å²) < 4.78 is 5.10. The van der Waals surface area contributed by atoms with Crippen molar-refractivity contribution in [3.8, 4) is 27.8 Å². The van der Waals surface area contributed by atoms with Crippen molar-refractivity contribution in [3.05, 3.63) is 42.5 Å². The molecule has 3 aromatic rings. The molecule has 0 aliphatic rings. The van der Waals surface area contributed by atoms with E-state index < -0.39 is 0 Å². The van der Waals surface area contributed by atoms with Crippen molar-refractivity contribution in [1.29, 1.82) is 0 Å². The van der Waals surface area contributed by atoms with Crippen molar-refractivity contribution in [2.24, 2.45) is 0 Å². The Morgan fingerprint density at radius 1 is 1.05 bits per heavy atom. The van der Waals surface area contributed by atoms with E-state index in [1.165, 1.54) is 23.5 Å². The monoisotopic (exact) mass is 315 g/mol. The summed E-state index contributed by atoms with van der Waals surface area (Å²) >= 11 is 1.30.